The summed E-state index contributed by atoms with van der Waals surface area (Å²) in [5.74, 6) is 0. The van der Waals surface area contributed by atoms with E-state index < -0.39 is 0 Å². The lowest BCUT2D eigenvalue weighted by atomic mass is 10.1. The first-order chi connectivity index (χ1) is 8.40. The summed E-state index contributed by atoms with van der Waals surface area (Å²) in [5.41, 5.74) is 9.51. The molecular formula is C12H19N3O2. The number of rotatable bonds is 2. The van der Waals surface area contributed by atoms with Crippen molar-refractivity contribution in [2.24, 2.45) is 5.73 Å². The van der Waals surface area contributed by atoms with Gasteiger partial charge in [-0.25, -0.2) is 0 Å². The summed E-state index contributed by atoms with van der Waals surface area (Å²) in [5, 5.41) is 4.70. The van der Waals surface area contributed by atoms with Crippen molar-refractivity contribution in [3.63, 3.8) is 0 Å². The van der Waals surface area contributed by atoms with Gasteiger partial charge in [0.25, 0.3) is 0 Å². The molecule has 5 nitrogen and oxygen atoms in total. The van der Waals surface area contributed by atoms with E-state index in [0.29, 0.717) is 19.2 Å². The lowest BCUT2D eigenvalue weighted by molar-refractivity contribution is 0.0649. The lowest BCUT2D eigenvalue weighted by Gasteiger charge is -2.24. The Morgan fingerprint density at radius 2 is 2.06 bits per heavy atom. The Morgan fingerprint density at radius 3 is 2.82 bits per heavy atom. The molecule has 0 aromatic carbocycles. The number of nitrogens with two attached hydrogens (primary N) is 1. The van der Waals surface area contributed by atoms with Gasteiger partial charge in [0.15, 0.2) is 0 Å². The second kappa shape index (κ2) is 4.76. The van der Waals surface area contributed by atoms with E-state index in [1.807, 2.05) is 0 Å². The molecule has 0 atom stereocenters. The zero-order valence-electron chi connectivity index (χ0n) is 10.0. The second-order valence-electron chi connectivity index (χ2n) is 4.67. The number of aromatic nitrogens is 2. The molecule has 1 aromatic rings. The minimum Gasteiger partial charge on any atom is -0.381 e. The fraction of sp³-hybridized carbons (Fsp3) is 0.750. The number of hydrogen-bond donors (Lipinski definition) is 1. The van der Waals surface area contributed by atoms with Crippen LogP contribution in [0.5, 0.6) is 0 Å². The fourth-order valence-electron chi connectivity index (χ4n) is 2.75. The molecule has 2 aliphatic heterocycles. The molecule has 1 fully saturated rings. The standard InChI is InChI=1S/C12H19N3O2/c13-7-12-10-3-6-17-8-11(10)14-15(12)9-1-4-16-5-2-9/h9H,1-8,13H2. The first-order valence-electron chi connectivity index (χ1n) is 6.35. The highest BCUT2D eigenvalue weighted by Crippen LogP contribution is 2.27. The van der Waals surface area contributed by atoms with Gasteiger partial charge in [0.2, 0.25) is 0 Å². The minimum atomic E-state index is 0.452. The van der Waals surface area contributed by atoms with E-state index in [0.717, 1.165) is 44.8 Å². The van der Waals surface area contributed by atoms with Crippen molar-refractivity contribution in [2.45, 2.75) is 38.5 Å². The van der Waals surface area contributed by atoms with Crippen LogP contribution in [0, 0.1) is 0 Å². The molecule has 0 aliphatic carbocycles. The van der Waals surface area contributed by atoms with Crippen LogP contribution >= 0.6 is 0 Å². The maximum atomic E-state index is 5.89. The van der Waals surface area contributed by atoms with Crippen LogP contribution in [0.3, 0.4) is 0 Å². The van der Waals surface area contributed by atoms with E-state index in [4.69, 9.17) is 20.3 Å². The maximum absolute atomic E-state index is 5.89. The van der Waals surface area contributed by atoms with Gasteiger partial charge < -0.3 is 15.2 Å². The lowest BCUT2D eigenvalue weighted by Crippen LogP contribution is -2.23. The van der Waals surface area contributed by atoms with Gasteiger partial charge in [-0.2, -0.15) is 5.10 Å². The third-order valence-corrected chi connectivity index (χ3v) is 3.67. The normalized spacial score (nSPS) is 21.5. The highest BCUT2D eigenvalue weighted by molar-refractivity contribution is 5.28. The number of hydrogen-bond acceptors (Lipinski definition) is 4. The first-order valence-corrected chi connectivity index (χ1v) is 6.35. The van der Waals surface area contributed by atoms with Crippen LogP contribution in [0.25, 0.3) is 0 Å². The molecular weight excluding hydrogens is 218 g/mol. The molecule has 0 amide bonds. The summed E-state index contributed by atoms with van der Waals surface area (Å²) >= 11 is 0. The van der Waals surface area contributed by atoms with E-state index in [1.165, 1.54) is 11.3 Å². The summed E-state index contributed by atoms with van der Waals surface area (Å²) in [6, 6.07) is 0.452. The zero-order valence-corrected chi connectivity index (χ0v) is 10.0. The van der Waals surface area contributed by atoms with E-state index in [2.05, 4.69) is 4.68 Å². The van der Waals surface area contributed by atoms with Gasteiger partial charge >= 0.3 is 0 Å². The largest absolute Gasteiger partial charge is 0.381 e. The van der Waals surface area contributed by atoms with Crippen molar-refractivity contribution in [1.82, 2.24) is 9.78 Å². The highest BCUT2D eigenvalue weighted by atomic mass is 16.5. The molecule has 0 bridgehead atoms. The third-order valence-electron chi connectivity index (χ3n) is 3.67. The Labute approximate surface area is 101 Å². The van der Waals surface area contributed by atoms with Crippen LogP contribution in [-0.2, 0) is 29.0 Å². The molecule has 94 valence electrons. The SMILES string of the molecule is NCc1c2c(nn1C1CCOCC1)COCC2. The van der Waals surface area contributed by atoms with E-state index in [9.17, 15) is 0 Å². The van der Waals surface area contributed by atoms with E-state index in [1.54, 1.807) is 0 Å². The molecule has 3 heterocycles. The van der Waals surface area contributed by atoms with Crippen LogP contribution in [-0.4, -0.2) is 29.6 Å². The molecule has 3 rings (SSSR count). The van der Waals surface area contributed by atoms with E-state index >= 15 is 0 Å². The van der Waals surface area contributed by atoms with Gasteiger partial charge in [-0.1, -0.05) is 0 Å². The first kappa shape index (κ1) is 11.2. The van der Waals surface area contributed by atoms with Crippen molar-refractivity contribution >= 4 is 0 Å². The predicted octanol–water partition coefficient (Wildman–Crippen LogP) is 0.766. The molecule has 0 saturated carbocycles. The van der Waals surface area contributed by atoms with Gasteiger partial charge in [-0.05, 0) is 19.3 Å². The topological polar surface area (TPSA) is 62.3 Å². The fourth-order valence-corrected chi connectivity index (χ4v) is 2.75. The highest BCUT2D eigenvalue weighted by Gasteiger charge is 2.25. The molecule has 5 heteroatoms. The monoisotopic (exact) mass is 237 g/mol. The van der Waals surface area contributed by atoms with Crippen LogP contribution in [0.2, 0.25) is 0 Å². The maximum Gasteiger partial charge on any atom is 0.0918 e. The van der Waals surface area contributed by atoms with Crippen molar-refractivity contribution in [1.29, 1.82) is 0 Å². The molecule has 17 heavy (non-hydrogen) atoms. The second-order valence-corrected chi connectivity index (χ2v) is 4.67. The Hall–Kier alpha value is -0.910. The van der Waals surface area contributed by atoms with Crippen LogP contribution in [0.4, 0.5) is 0 Å². The molecule has 2 aliphatic rings. The summed E-state index contributed by atoms with van der Waals surface area (Å²) in [7, 11) is 0. The Kier molecular flexibility index (Phi) is 3.13. The van der Waals surface area contributed by atoms with Gasteiger partial charge in [-0.3, -0.25) is 4.68 Å². The average molecular weight is 237 g/mol. The Balaban J connectivity index is 1.94. The van der Waals surface area contributed by atoms with Gasteiger partial charge in [0.1, 0.15) is 0 Å². The van der Waals surface area contributed by atoms with Crippen molar-refractivity contribution in [2.75, 3.05) is 19.8 Å². The van der Waals surface area contributed by atoms with Crippen LogP contribution in [0.15, 0.2) is 0 Å². The zero-order chi connectivity index (χ0) is 11.7. The smallest absolute Gasteiger partial charge is 0.0918 e. The molecule has 2 N–H and O–H groups in total. The molecule has 1 aromatic heterocycles. The number of ether oxygens (including phenoxy) is 2. The Morgan fingerprint density at radius 1 is 1.24 bits per heavy atom. The Bertz CT molecular complexity index is 397. The molecule has 0 unspecified atom stereocenters. The molecule has 0 radical (unpaired) electrons. The predicted molar refractivity (Wildman–Crippen MR) is 62.6 cm³/mol. The van der Waals surface area contributed by atoms with Gasteiger partial charge in [-0.15, -0.1) is 0 Å². The summed E-state index contributed by atoms with van der Waals surface area (Å²) < 4.78 is 13.0. The summed E-state index contributed by atoms with van der Waals surface area (Å²) in [6.45, 7) is 3.66. The quantitative estimate of drug-likeness (QED) is 0.825. The van der Waals surface area contributed by atoms with Crippen LogP contribution < -0.4 is 5.73 Å². The van der Waals surface area contributed by atoms with Gasteiger partial charge in [0.05, 0.1) is 30.6 Å². The van der Waals surface area contributed by atoms with Crippen LogP contribution in [0.1, 0.15) is 35.8 Å². The van der Waals surface area contributed by atoms with Gasteiger partial charge in [0, 0.05) is 25.3 Å². The van der Waals surface area contributed by atoms with Crippen molar-refractivity contribution in [3.05, 3.63) is 17.0 Å². The third kappa shape index (κ3) is 1.99. The molecule has 1 saturated heterocycles. The number of fused-ring (bicyclic) bond motifs is 1. The number of nitrogens with zero attached hydrogens (tertiary/aromatic N) is 2. The summed E-state index contributed by atoms with van der Waals surface area (Å²) in [6.07, 6.45) is 3.02. The van der Waals surface area contributed by atoms with Crippen molar-refractivity contribution in [3.8, 4) is 0 Å². The average Bonchev–Trinajstić information content (AvgIpc) is 2.78. The minimum absolute atomic E-state index is 0.452. The van der Waals surface area contributed by atoms with E-state index in [-0.39, 0.29) is 0 Å². The van der Waals surface area contributed by atoms with Crippen molar-refractivity contribution < 1.29 is 9.47 Å². The molecule has 0 spiro atoms. The summed E-state index contributed by atoms with van der Waals surface area (Å²) in [4.78, 5) is 0.